The van der Waals surface area contributed by atoms with Gasteiger partial charge in [0, 0.05) is 12.8 Å². The van der Waals surface area contributed by atoms with Crippen molar-refractivity contribution in [3.8, 4) is 0 Å². The van der Waals surface area contributed by atoms with Gasteiger partial charge in [-0.2, -0.15) is 0 Å². The highest BCUT2D eigenvalue weighted by Crippen LogP contribution is 1.89. The third-order valence-electron chi connectivity index (χ3n) is 1.98. The Bertz CT molecular complexity index is 266. The van der Waals surface area contributed by atoms with Gasteiger partial charge in [0.15, 0.2) is 5.78 Å². The molecule has 1 unspecified atom stereocenters. The van der Waals surface area contributed by atoms with Crippen LogP contribution in [0.25, 0.3) is 0 Å². The van der Waals surface area contributed by atoms with Crippen molar-refractivity contribution in [2.75, 3.05) is 6.54 Å². The Morgan fingerprint density at radius 2 is 1.35 bits per heavy atom. The van der Waals surface area contributed by atoms with Crippen LogP contribution in [0.1, 0.15) is 67.7 Å². The first kappa shape index (κ1) is 23.7. The summed E-state index contributed by atoms with van der Waals surface area (Å²) >= 11 is 0. The van der Waals surface area contributed by atoms with Gasteiger partial charge in [0.2, 0.25) is 11.8 Å². The molecule has 5 heteroatoms. The zero-order chi connectivity index (χ0) is 16.6. The fourth-order valence-corrected chi connectivity index (χ4v) is 0.983. The quantitative estimate of drug-likeness (QED) is 0.788. The molecule has 0 aliphatic rings. The van der Waals surface area contributed by atoms with E-state index in [1.54, 1.807) is 20.8 Å². The van der Waals surface area contributed by atoms with Crippen molar-refractivity contribution in [2.45, 2.75) is 73.8 Å². The van der Waals surface area contributed by atoms with Gasteiger partial charge in [-0.25, -0.2) is 0 Å². The highest BCUT2D eigenvalue weighted by molar-refractivity contribution is 5.90. The molecule has 120 valence electrons. The maximum absolute atomic E-state index is 11.2. The number of Topliss-reactive ketones (excluding diaryl/α,β-unsaturated/α-hetero) is 1. The summed E-state index contributed by atoms with van der Waals surface area (Å²) in [5.74, 6) is -0.545. The van der Waals surface area contributed by atoms with Gasteiger partial charge in [0.05, 0.1) is 12.6 Å². The van der Waals surface area contributed by atoms with E-state index < -0.39 is 6.04 Å². The second kappa shape index (κ2) is 17.6. The van der Waals surface area contributed by atoms with Crippen LogP contribution in [0.15, 0.2) is 0 Å². The smallest absolute Gasteiger partial charge is 0.239 e. The minimum Gasteiger partial charge on any atom is -0.347 e. The number of nitrogens with one attached hydrogen (secondary N) is 2. The Morgan fingerprint density at radius 3 is 1.70 bits per heavy atom. The van der Waals surface area contributed by atoms with Crippen LogP contribution >= 0.6 is 0 Å². The minimum absolute atomic E-state index is 0.0230. The predicted octanol–water partition coefficient (Wildman–Crippen LogP) is 2.44. The molecule has 2 N–H and O–H groups in total. The summed E-state index contributed by atoms with van der Waals surface area (Å²) in [6.07, 6.45) is 1.99. The molecule has 5 nitrogen and oxygen atoms in total. The third-order valence-corrected chi connectivity index (χ3v) is 1.98. The summed E-state index contributed by atoms with van der Waals surface area (Å²) < 4.78 is 0. The largest absolute Gasteiger partial charge is 0.347 e. The predicted molar refractivity (Wildman–Crippen MR) is 83.5 cm³/mol. The topological polar surface area (TPSA) is 75.3 Å². The Labute approximate surface area is 123 Å². The molecule has 0 spiro atoms. The summed E-state index contributed by atoms with van der Waals surface area (Å²) in [5.41, 5.74) is 0. The third kappa shape index (κ3) is 16.6. The number of hydrogen-bond acceptors (Lipinski definition) is 3. The number of rotatable bonds is 6. The second-order valence-electron chi connectivity index (χ2n) is 3.95. The Balaban J connectivity index is -0.000000505. The van der Waals surface area contributed by atoms with Gasteiger partial charge >= 0.3 is 0 Å². The first-order chi connectivity index (χ1) is 9.42. The Morgan fingerprint density at radius 1 is 0.900 bits per heavy atom. The second-order valence-corrected chi connectivity index (χ2v) is 3.95. The fraction of sp³-hybridized carbons (Fsp3) is 0.800. The molecule has 0 saturated heterocycles. The molecule has 0 aromatic carbocycles. The first-order valence-electron chi connectivity index (χ1n) is 7.51. The van der Waals surface area contributed by atoms with Crippen molar-refractivity contribution in [2.24, 2.45) is 0 Å². The average Bonchev–Trinajstić information content (AvgIpc) is 2.46. The van der Waals surface area contributed by atoms with Crippen LogP contribution in [-0.4, -0.2) is 30.2 Å². The minimum atomic E-state index is -0.485. The number of carbonyl (C=O) groups is 3. The first-order valence-corrected chi connectivity index (χ1v) is 7.51. The highest BCUT2D eigenvalue weighted by atomic mass is 16.2. The molecular formula is C15H32N2O3. The molecule has 0 aromatic rings. The summed E-state index contributed by atoms with van der Waals surface area (Å²) in [4.78, 5) is 33.2. The van der Waals surface area contributed by atoms with Crippen molar-refractivity contribution in [1.29, 1.82) is 0 Å². The standard InChI is InChI=1S/C10H18N2O3.C3H8.C2H6/c1-4-8(13)7(3)12-10(15)6-11-9(14)5-2;1-3-2;1-2/h7H,4-6H2,1-3H3,(H,11,14)(H,12,15);3H2,1-2H3;1-2H3. The number of carbonyl (C=O) groups excluding carboxylic acids is 3. The normalized spacial score (nSPS) is 9.95. The molecule has 2 amide bonds. The highest BCUT2D eigenvalue weighted by Gasteiger charge is 2.13. The van der Waals surface area contributed by atoms with Gasteiger partial charge in [-0.3, -0.25) is 14.4 Å². The number of hydrogen-bond donors (Lipinski definition) is 2. The van der Waals surface area contributed by atoms with E-state index in [-0.39, 0.29) is 24.1 Å². The van der Waals surface area contributed by atoms with Crippen molar-refractivity contribution >= 4 is 17.6 Å². The summed E-state index contributed by atoms with van der Waals surface area (Å²) in [6, 6.07) is -0.485. The van der Waals surface area contributed by atoms with Gasteiger partial charge in [0.1, 0.15) is 0 Å². The van der Waals surface area contributed by atoms with Gasteiger partial charge in [0.25, 0.3) is 0 Å². The monoisotopic (exact) mass is 288 g/mol. The van der Waals surface area contributed by atoms with Crippen LogP contribution in [-0.2, 0) is 14.4 Å². The van der Waals surface area contributed by atoms with Crippen LogP contribution < -0.4 is 10.6 Å². The lowest BCUT2D eigenvalue weighted by Gasteiger charge is -2.11. The lowest BCUT2D eigenvalue weighted by Crippen LogP contribution is -2.43. The Kier molecular flexibility index (Phi) is 20.9. The van der Waals surface area contributed by atoms with Crippen LogP contribution in [0.3, 0.4) is 0 Å². The van der Waals surface area contributed by atoms with Crippen molar-refractivity contribution in [3.05, 3.63) is 0 Å². The maximum atomic E-state index is 11.2. The van der Waals surface area contributed by atoms with Crippen LogP contribution in [0.5, 0.6) is 0 Å². The molecule has 0 aromatic heterocycles. The van der Waals surface area contributed by atoms with E-state index in [4.69, 9.17) is 0 Å². The molecule has 0 saturated carbocycles. The number of amides is 2. The van der Waals surface area contributed by atoms with E-state index in [1.807, 2.05) is 13.8 Å². The molecule has 0 bridgehead atoms. The van der Waals surface area contributed by atoms with E-state index in [2.05, 4.69) is 24.5 Å². The van der Waals surface area contributed by atoms with Crippen molar-refractivity contribution in [3.63, 3.8) is 0 Å². The lowest BCUT2D eigenvalue weighted by molar-refractivity contribution is -0.128. The molecular weight excluding hydrogens is 256 g/mol. The number of ketones is 1. The molecule has 1 atom stereocenters. The zero-order valence-electron chi connectivity index (χ0n) is 14.1. The van der Waals surface area contributed by atoms with Crippen LogP contribution in [0.4, 0.5) is 0 Å². The van der Waals surface area contributed by atoms with Crippen molar-refractivity contribution < 1.29 is 14.4 Å². The zero-order valence-corrected chi connectivity index (χ0v) is 14.1. The van der Waals surface area contributed by atoms with Crippen LogP contribution in [0.2, 0.25) is 0 Å². The molecule has 0 aliphatic heterocycles. The summed E-state index contributed by atoms with van der Waals surface area (Å²) in [5, 5.41) is 4.94. The van der Waals surface area contributed by atoms with Gasteiger partial charge in [-0.05, 0) is 6.92 Å². The van der Waals surface area contributed by atoms with Gasteiger partial charge in [-0.1, -0.05) is 48.0 Å². The van der Waals surface area contributed by atoms with Crippen LogP contribution in [0, 0.1) is 0 Å². The summed E-state index contributed by atoms with van der Waals surface area (Å²) in [6.45, 7) is 13.2. The van der Waals surface area contributed by atoms with Gasteiger partial charge < -0.3 is 10.6 Å². The molecule has 20 heavy (non-hydrogen) atoms. The summed E-state index contributed by atoms with van der Waals surface area (Å²) in [7, 11) is 0. The molecule has 0 aliphatic carbocycles. The maximum Gasteiger partial charge on any atom is 0.239 e. The molecule has 0 radical (unpaired) electrons. The van der Waals surface area contributed by atoms with E-state index >= 15 is 0 Å². The molecule has 0 fully saturated rings. The van der Waals surface area contributed by atoms with E-state index in [1.165, 1.54) is 6.42 Å². The SMILES string of the molecule is CC.CCC.CCC(=O)NCC(=O)NC(C)C(=O)CC. The lowest BCUT2D eigenvalue weighted by atomic mass is 10.2. The van der Waals surface area contributed by atoms with Crippen molar-refractivity contribution in [1.82, 2.24) is 10.6 Å². The fourth-order valence-electron chi connectivity index (χ4n) is 0.983. The van der Waals surface area contributed by atoms with E-state index in [0.29, 0.717) is 12.8 Å². The molecule has 0 rings (SSSR count). The van der Waals surface area contributed by atoms with Gasteiger partial charge in [-0.15, -0.1) is 0 Å². The van der Waals surface area contributed by atoms with E-state index in [0.717, 1.165) is 0 Å². The Hall–Kier alpha value is -1.39. The average molecular weight is 288 g/mol. The molecule has 0 heterocycles. The van der Waals surface area contributed by atoms with E-state index in [9.17, 15) is 14.4 Å².